The third-order valence-corrected chi connectivity index (χ3v) is 5.87. The smallest absolute Gasteiger partial charge is 0.228 e. The summed E-state index contributed by atoms with van der Waals surface area (Å²) in [6.07, 6.45) is 2.76. The number of hydrogen-bond donors (Lipinski definition) is 0. The predicted molar refractivity (Wildman–Crippen MR) is 95.6 cm³/mol. The maximum Gasteiger partial charge on any atom is 0.228 e. The number of amides is 2. The number of rotatable bonds is 5. The van der Waals surface area contributed by atoms with Gasteiger partial charge in [-0.25, -0.2) is 0 Å². The summed E-state index contributed by atoms with van der Waals surface area (Å²) in [6.45, 7) is 3.01. The molecule has 0 radical (unpaired) electrons. The van der Waals surface area contributed by atoms with Gasteiger partial charge in [0.25, 0.3) is 0 Å². The van der Waals surface area contributed by atoms with E-state index in [0.717, 1.165) is 30.8 Å². The van der Waals surface area contributed by atoms with Crippen molar-refractivity contribution >= 4 is 23.2 Å². The first-order chi connectivity index (χ1) is 12.2. The molecule has 0 saturated carbocycles. The molecule has 25 heavy (non-hydrogen) atoms. The molecule has 2 saturated heterocycles. The fourth-order valence-corrected chi connectivity index (χ4v) is 4.18. The predicted octanol–water partition coefficient (Wildman–Crippen LogP) is 1.55. The van der Waals surface area contributed by atoms with E-state index in [1.54, 1.807) is 18.4 Å². The number of piperidine rings is 1. The zero-order valence-corrected chi connectivity index (χ0v) is 15.5. The molecule has 1 atom stereocenters. The van der Waals surface area contributed by atoms with Gasteiger partial charge in [0.15, 0.2) is 0 Å². The van der Waals surface area contributed by atoms with E-state index in [4.69, 9.17) is 9.47 Å². The molecule has 3 heterocycles. The van der Waals surface area contributed by atoms with Crippen LogP contribution in [0.3, 0.4) is 0 Å². The fourth-order valence-electron chi connectivity index (χ4n) is 3.49. The number of methoxy groups -OCH3 is 1. The molecule has 7 heteroatoms. The van der Waals surface area contributed by atoms with Crippen molar-refractivity contribution in [2.75, 3.05) is 40.0 Å². The summed E-state index contributed by atoms with van der Waals surface area (Å²) < 4.78 is 10.9. The van der Waals surface area contributed by atoms with E-state index < -0.39 is 0 Å². The van der Waals surface area contributed by atoms with Crippen LogP contribution in [-0.4, -0.2) is 73.7 Å². The van der Waals surface area contributed by atoms with E-state index in [1.807, 2.05) is 27.3 Å². The van der Waals surface area contributed by atoms with Crippen LogP contribution < -0.4 is 0 Å². The average Bonchev–Trinajstić information content (AvgIpc) is 3.15. The lowest BCUT2D eigenvalue weighted by Crippen LogP contribution is -2.52. The third kappa shape index (κ3) is 4.80. The molecule has 138 valence electrons. The van der Waals surface area contributed by atoms with E-state index >= 15 is 0 Å². The van der Waals surface area contributed by atoms with Gasteiger partial charge in [0.1, 0.15) is 0 Å². The Morgan fingerprint density at radius 3 is 2.76 bits per heavy atom. The zero-order valence-electron chi connectivity index (χ0n) is 14.7. The first-order valence-corrected chi connectivity index (χ1v) is 9.75. The first kappa shape index (κ1) is 18.4. The Hall–Kier alpha value is -1.44. The number of nitrogens with zero attached hydrogens (tertiary/aromatic N) is 2. The van der Waals surface area contributed by atoms with Crippen LogP contribution in [-0.2, 0) is 25.5 Å². The van der Waals surface area contributed by atoms with Gasteiger partial charge < -0.3 is 19.3 Å². The maximum absolute atomic E-state index is 12.7. The second-order valence-electron chi connectivity index (χ2n) is 6.59. The molecule has 0 N–H and O–H groups in total. The third-order valence-electron chi connectivity index (χ3n) is 4.99. The zero-order chi connectivity index (χ0) is 17.6. The average molecular weight is 366 g/mol. The summed E-state index contributed by atoms with van der Waals surface area (Å²) in [5.74, 6) is 0.195. The Labute approximate surface area is 152 Å². The Balaban J connectivity index is 1.55. The number of hydrogen-bond acceptors (Lipinski definition) is 5. The van der Waals surface area contributed by atoms with Gasteiger partial charge in [-0.15, -0.1) is 11.3 Å². The highest BCUT2D eigenvalue weighted by Gasteiger charge is 2.31. The number of carbonyl (C=O) groups excluding carboxylic acids is 2. The van der Waals surface area contributed by atoms with E-state index in [0.29, 0.717) is 32.6 Å². The molecule has 1 aromatic heterocycles. The summed E-state index contributed by atoms with van der Waals surface area (Å²) in [5, 5.41) is 1.98. The van der Waals surface area contributed by atoms with Gasteiger partial charge in [0, 0.05) is 38.0 Å². The van der Waals surface area contributed by atoms with Crippen LogP contribution >= 0.6 is 11.3 Å². The summed E-state index contributed by atoms with van der Waals surface area (Å²) in [6, 6.07) is 3.77. The maximum atomic E-state index is 12.7. The largest absolute Gasteiger partial charge is 0.381 e. The monoisotopic (exact) mass is 366 g/mol. The number of carbonyl (C=O) groups is 2. The molecule has 6 nitrogen and oxygen atoms in total. The van der Waals surface area contributed by atoms with Gasteiger partial charge in [0.05, 0.1) is 31.8 Å². The normalized spacial score (nSPS) is 22.2. The topological polar surface area (TPSA) is 59.1 Å². The van der Waals surface area contributed by atoms with Gasteiger partial charge in [-0.3, -0.25) is 9.59 Å². The van der Waals surface area contributed by atoms with Crippen LogP contribution in [0, 0.1) is 0 Å². The lowest BCUT2D eigenvalue weighted by Gasteiger charge is -2.37. The molecule has 2 amide bonds. The highest BCUT2D eigenvalue weighted by atomic mass is 32.1. The molecule has 0 aromatic carbocycles. The minimum absolute atomic E-state index is 0.0849. The van der Waals surface area contributed by atoms with Crippen LogP contribution in [0.2, 0.25) is 0 Å². The molecular formula is C18H26N2O4S. The molecule has 0 bridgehead atoms. The van der Waals surface area contributed by atoms with E-state index in [-0.39, 0.29) is 24.0 Å². The van der Waals surface area contributed by atoms with Crippen molar-refractivity contribution in [2.24, 2.45) is 0 Å². The van der Waals surface area contributed by atoms with Crippen LogP contribution in [0.4, 0.5) is 0 Å². The Kier molecular flexibility index (Phi) is 6.45. The summed E-state index contributed by atoms with van der Waals surface area (Å²) in [7, 11) is 1.72. The van der Waals surface area contributed by atoms with Crippen molar-refractivity contribution in [1.29, 1.82) is 0 Å². The Morgan fingerprint density at radius 2 is 2.08 bits per heavy atom. The summed E-state index contributed by atoms with van der Waals surface area (Å²) >= 11 is 1.59. The van der Waals surface area contributed by atoms with Crippen LogP contribution in [0.1, 0.15) is 24.1 Å². The van der Waals surface area contributed by atoms with Crippen LogP contribution in [0.5, 0.6) is 0 Å². The number of thiophene rings is 1. The van der Waals surface area contributed by atoms with Crippen molar-refractivity contribution < 1.29 is 19.1 Å². The molecule has 1 unspecified atom stereocenters. The minimum Gasteiger partial charge on any atom is -0.381 e. The Morgan fingerprint density at radius 1 is 1.28 bits per heavy atom. The fraction of sp³-hybridized carbons (Fsp3) is 0.667. The Bertz CT molecular complexity index is 570. The van der Waals surface area contributed by atoms with Gasteiger partial charge in [-0.05, 0) is 24.3 Å². The minimum atomic E-state index is -0.158. The molecular weight excluding hydrogens is 340 g/mol. The lowest BCUT2D eigenvalue weighted by molar-refractivity contribution is -0.144. The SMILES string of the molecule is COC1CCN(C(=O)CC2COCCN2C(=O)Cc2cccs2)CC1. The van der Waals surface area contributed by atoms with Crippen molar-refractivity contribution in [3.05, 3.63) is 22.4 Å². The molecule has 1 aromatic rings. The lowest BCUT2D eigenvalue weighted by atomic mass is 10.1. The van der Waals surface area contributed by atoms with Crippen molar-refractivity contribution in [1.82, 2.24) is 9.80 Å². The highest BCUT2D eigenvalue weighted by molar-refractivity contribution is 7.10. The number of ether oxygens (including phenoxy) is 2. The first-order valence-electron chi connectivity index (χ1n) is 8.87. The molecule has 2 aliphatic heterocycles. The quantitative estimate of drug-likeness (QED) is 0.793. The second-order valence-corrected chi connectivity index (χ2v) is 7.62. The summed E-state index contributed by atoms with van der Waals surface area (Å²) in [5.41, 5.74) is 0. The van der Waals surface area contributed by atoms with Crippen LogP contribution in [0.15, 0.2) is 17.5 Å². The van der Waals surface area contributed by atoms with E-state index in [2.05, 4.69) is 0 Å². The van der Waals surface area contributed by atoms with Gasteiger partial charge in [-0.1, -0.05) is 6.07 Å². The van der Waals surface area contributed by atoms with E-state index in [9.17, 15) is 9.59 Å². The number of morpholine rings is 1. The highest BCUT2D eigenvalue weighted by Crippen LogP contribution is 2.19. The van der Waals surface area contributed by atoms with Gasteiger partial charge in [-0.2, -0.15) is 0 Å². The van der Waals surface area contributed by atoms with Crippen LogP contribution in [0.25, 0.3) is 0 Å². The second kappa shape index (κ2) is 8.78. The van der Waals surface area contributed by atoms with Gasteiger partial charge in [0.2, 0.25) is 11.8 Å². The van der Waals surface area contributed by atoms with E-state index in [1.165, 1.54) is 0 Å². The molecule has 3 rings (SSSR count). The number of likely N-dealkylation sites (tertiary alicyclic amines) is 1. The molecule has 0 spiro atoms. The van der Waals surface area contributed by atoms with Crippen molar-refractivity contribution in [2.45, 2.75) is 37.8 Å². The standard InChI is InChI=1S/C18H26N2O4S/c1-23-15-4-6-19(7-5-15)17(21)11-14-13-24-9-8-20(14)18(22)12-16-3-2-10-25-16/h2-3,10,14-15H,4-9,11-13H2,1H3. The van der Waals surface area contributed by atoms with Crippen molar-refractivity contribution in [3.63, 3.8) is 0 Å². The summed E-state index contributed by atoms with van der Waals surface area (Å²) in [4.78, 5) is 30.1. The molecule has 2 fully saturated rings. The molecule has 2 aliphatic rings. The van der Waals surface area contributed by atoms with Crippen molar-refractivity contribution in [3.8, 4) is 0 Å². The molecule has 0 aliphatic carbocycles. The van der Waals surface area contributed by atoms with Gasteiger partial charge >= 0.3 is 0 Å².